The summed E-state index contributed by atoms with van der Waals surface area (Å²) in [6, 6.07) is 12.1. The zero-order valence-electron chi connectivity index (χ0n) is 16.5. The van der Waals surface area contributed by atoms with Gasteiger partial charge in [-0.3, -0.25) is 4.79 Å². The number of carbonyl (C=O) groups excluding carboxylic acids is 1. The van der Waals surface area contributed by atoms with Gasteiger partial charge in [0.15, 0.2) is 5.76 Å². The standard InChI is InChI=1S/C22H30N2O2/c1-21(2,3)16-8-6-15(7-9-16)17-10-11-18(26-17)20(25)24-13-12-19(23)22(4,5)14-24/h6-11,19H,12-14,23H2,1-5H3. The van der Waals surface area contributed by atoms with Crippen molar-refractivity contribution in [3.8, 4) is 11.3 Å². The van der Waals surface area contributed by atoms with E-state index < -0.39 is 0 Å². The van der Waals surface area contributed by atoms with E-state index >= 15 is 0 Å². The Morgan fingerprint density at radius 2 is 1.81 bits per heavy atom. The number of hydrogen-bond acceptors (Lipinski definition) is 3. The molecule has 1 aromatic heterocycles. The Balaban J connectivity index is 1.76. The summed E-state index contributed by atoms with van der Waals surface area (Å²) in [6.07, 6.45) is 0.820. The van der Waals surface area contributed by atoms with Gasteiger partial charge in [-0.15, -0.1) is 0 Å². The van der Waals surface area contributed by atoms with Crippen LogP contribution < -0.4 is 5.73 Å². The van der Waals surface area contributed by atoms with E-state index in [0.717, 1.165) is 17.7 Å². The molecule has 1 aromatic carbocycles. The summed E-state index contributed by atoms with van der Waals surface area (Å²) < 4.78 is 5.88. The molecule has 1 amide bonds. The summed E-state index contributed by atoms with van der Waals surface area (Å²) in [5.74, 6) is 1.07. The van der Waals surface area contributed by atoms with Gasteiger partial charge in [0.05, 0.1) is 0 Å². The molecule has 4 heteroatoms. The highest BCUT2D eigenvalue weighted by Crippen LogP contribution is 2.30. The molecule has 0 saturated carbocycles. The van der Waals surface area contributed by atoms with Crippen LogP contribution in [-0.4, -0.2) is 29.9 Å². The van der Waals surface area contributed by atoms with Crippen molar-refractivity contribution in [3.63, 3.8) is 0 Å². The van der Waals surface area contributed by atoms with Gasteiger partial charge in [0, 0.05) is 24.7 Å². The number of benzene rings is 1. The second-order valence-electron chi connectivity index (χ2n) is 9.10. The average Bonchev–Trinajstić information content (AvgIpc) is 3.06. The third kappa shape index (κ3) is 3.70. The van der Waals surface area contributed by atoms with Gasteiger partial charge in [-0.05, 0) is 34.9 Å². The summed E-state index contributed by atoms with van der Waals surface area (Å²) in [4.78, 5) is 14.7. The predicted octanol–water partition coefficient (Wildman–Crippen LogP) is 4.44. The monoisotopic (exact) mass is 354 g/mol. The average molecular weight is 354 g/mol. The van der Waals surface area contributed by atoms with Gasteiger partial charge in [0.1, 0.15) is 5.76 Å². The third-order valence-electron chi connectivity index (χ3n) is 5.45. The maximum Gasteiger partial charge on any atom is 0.289 e. The van der Waals surface area contributed by atoms with Gasteiger partial charge >= 0.3 is 0 Å². The van der Waals surface area contributed by atoms with Crippen LogP contribution in [0.25, 0.3) is 11.3 Å². The van der Waals surface area contributed by atoms with Crippen LogP contribution in [0.1, 0.15) is 57.2 Å². The van der Waals surface area contributed by atoms with Gasteiger partial charge in [0.25, 0.3) is 5.91 Å². The molecule has 0 spiro atoms. The number of furan rings is 1. The predicted molar refractivity (Wildman–Crippen MR) is 105 cm³/mol. The first-order chi connectivity index (χ1) is 12.1. The topological polar surface area (TPSA) is 59.5 Å². The number of likely N-dealkylation sites (tertiary alicyclic amines) is 1. The highest BCUT2D eigenvalue weighted by atomic mass is 16.4. The van der Waals surface area contributed by atoms with Crippen molar-refractivity contribution in [2.75, 3.05) is 13.1 Å². The summed E-state index contributed by atoms with van der Waals surface area (Å²) in [7, 11) is 0. The van der Waals surface area contributed by atoms with Crippen molar-refractivity contribution in [3.05, 3.63) is 47.7 Å². The number of nitrogens with zero attached hydrogens (tertiary/aromatic N) is 1. The molecular weight excluding hydrogens is 324 g/mol. The first-order valence-electron chi connectivity index (χ1n) is 9.33. The Hall–Kier alpha value is -2.07. The van der Waals surface area contributed by atoms with Gasteiger partial charge in [-0.2, -0.15) is 0 Å². The van der Waals surface area contributed by atoms with Gasteiger partial charge in [0.2, 0.25) is 0 Å². The smallest absolute Gasteiger partial charge is 0.289 e. The first-order valence-corrected chi connectivity index (χ1v) is 9.33. The van der Waals surface area contributed by atoms with E-state index in [-0.39, 0.29) is 22.8 Å². The van der Waals surface area contributed by atoms with Crippen LogP contribution in [0.2, 0.25) is 0 Å². The van der Waals surface area contributed by atoms with Crippen molar-refractivity contribution < 1.29 is 9.21 Å². The maximum absolute atomic E-state index is 12.8. The summed E-state index contributed by atoms with van der Waals surface area (Å²) >= 11 is 0. The molecule has 140 valence electrons. The van der Waals surface area contributed by atoms with Gasteiger partial charge in [-0.1, -0.05) is 58.9 Å². The fourth-order valence-corrected chi connectivity index (χ4v) is 3.45. The number of rotatable bonds is 2. The Morgan fingerprint density at radius 1 is 1.15 bits per heavy atom. The second-order valence-corrected chi connectivity index (χ2v) is 9.10. The molecule has 4 nitrogen and oxygen atoms in total. The molecule has 1 aliphatic heterocycles. The Labute approximate surface area is 156 Å². The van der Waals surface area contributed by atoms with E-state index in [9.17, 15) is 4.79 Å². The van der Waals surface area contributed by atoms with Crippen LogP contribution in [0.15, 0.2) is 40.8 Å². The Morgan fingerprint density at radius 3 is 2.38 bits per heavy atom. The summed E-state index contributed by atoms with van der Waals surface area (Å²) in [5, 5.41) is 0. The van der Waals surface area contributed by atoms with Crippen molar-refractivity contribution in [2.45, 2.75) is 52.5 Å². The molecule has 3 rings (SSSR count). The fraction of sp³-hybridized carbons (Fsp3) is 0.500. The highest BCUT2D eigenvalue weighted by Gasteiger charge is 2.36. The zero-order chi connectivity index (χ0) is 19.1. The lowest BCUT2D eigenvalue weighted by Crippen LogP contribution is -2.53. The SMILES string of the molecule is CC(C)(C)c1ccc(-c2ccc(C(=O)N3CCC(N)C(C)(C)C3)o2)cc1. The zero-order valence-corrected chi connectivity index (χ0v) is 16.5. The van der Waals surface area contributed by atoms with Crippen LogP contribution in [0, 0.1) is 5.41 Å². The normalized spacial score (nSPS) is 20.2. The van der Waals surface area contributed by atoms with E-state index in [2.05, 4.69) is 58.9 Å². The number of carbonyl (C=O) groups is 1. The van der Waals surface area contributed by atoms with Crippen LogP contribution >= 0.6 is 0 Å². The van der Waals surface area contributed by atoms with Gasteiger partial charge in [-0.25, -0.2) is 0 Å². The third-order valence-corrected chi connectivity index (χ3v) is 5.45. The minimum atomic E-state index is -0.0773. The molecule has 0 bridgehead atoms. The molecule has 0 radical (unpaired) electrons. The fourth-order valence-electron chi connectivity index (χ4n) is 3.45. The first kappa shape index (κ1) is 18.7. The van der Waals surface area contributed by atoms with Crippen LogP contribution in [0.3, 0.4) is 0 Å². The van der Waals surface area contributed by atoms with Crippen molar-refractivity contribution in [2.24, 2.45) is 11.1 Å². The lowest BCUT2D eigenvalue weighted by molar-refractivity contribution is 0.0504. The number of hydrogen-bond donors (Lipinski definition) is 1. The quantitative estimate of drug-likeness (QED) is 0.867. The summed E-state index contributed by atoms with van der Waals surface area (Å²) in [6.45, 7) is 12.1. The molecular formula is C22H30N2O2. The molecule has 0 aliphatic carbocycles. The van der Waals surface area contributed by atoms with Crippen molar-refractivity contribution >= 4 is 5.91 Å². The van der Waals surface area contributed by atoms with E-state index in [1.165, 1.54) is 5.56 Å². The molecule has 1 saturated heterocycles. The van der Waals surface area contributed by atoms with Crippen LogP contribution in [-0.2, 0) is 5.41 Å². The van der Waals surface area contributed by atoms with Crippen LogP contribution in [0.4, 0.5) is 0 Å². The number of piperidine rings is 1. The lowest BCUT2D eigenvalue weighted by Gasteiger charge is -2.42. The largest absolute Gasteiger partial charge is 0.451 e. The van der Waals surface area contributed by atoms with Crippen LogP contribution in [0.5, 0.6) is 0 Å². The molecule has 1 atom stereocenters. The van der Waals surface area contributed by atoms with Gasteiger partial charge < -0.3 is 15.1 Å². The maximum atomic E-state index is 12.8. The molecule has 1 fully saturated rings. The van der Waals surface area contributed by atoms with E-state index in [1.807, 2.05) is 11.0 Å². The summed E-state index contributed by atoms with van der Waals surface area (Å²) in [5.41, 5.74) is 8.47. The number of nitrogens with two attached hydrogens (primary N) is 1. The Kier molecular flexibility index (Phi) is 4.74. The molecule has 26 heavy (non-hydrogen) atoms. The molecule has 2 N–H and O–H groups in total. The minimum absolute atomic E-state index is 0.0532. The van der Waals surface area contributed by atoms with Crippen molar-refractivity contribution in [1.82, 2.24) is 4.90 Å². The lowest BCUT2D eigenvalue weighted by atomic mass is 9.79. The second kappa shape index (κ2) is 6.58. The highest BCUT2D eigenvalue weighted by molar-refractivity contribution is 5.92. The van der Waals surface area contributed by atoms with E-state index in [4.69, 9.17) is 10.2 Å². The minimum Gasteiger partial charge on any atom is -0.451 e. The van der Waals surface area contributed by atoms with Crippen molar-refractivity contribution in [1.29, 1.82) is 0 Å². The van der Waals surface area contributed by atoms with E-state index in [0.29, 0.717) is 18.8 Å². The Bertz CT molecular complexity index is 781. The molecule has 2 aromatic rings. The molecule has 1 aliphatic rings. The molecule has 1 unspecified atom stereocenters. The molecule has 2 heterocycles. The number of amides is 1. The van der Waals surface area contributed by atoms with E-state index in [1.54, 1.807) is 6.07 Å².